The van der Waals surface area contributed by atoms with Gasteiger partial charge in [0.15, 0.2) is 0 Å². The maximum absolute atomic E-state index is 12.8. The SMILES string of the molecule is CCc1ccc(N)cc1S(=O)(=O)N1CCSCC1C. The maximum Gasteiger partial charge on any atom is 0.243 e. The van der Waals surface area contributed by atoms with Crippen LogP contribution in [-0.4, -0.2) is 36.8 Å². The first-order valence-electron chi connectivity index (χ1n) is 6.44. The van der Waals surface area contributed by atoms with Crippen LogP contribution in [0.2, 0.25) is 0 Å². The zero-order valence-corrected chi connectivity index (χ0v) is 12.9. The van der Waals surface area contributed by atoms with Crippen molar-refractivity contribution in [2.24, 2.45) is 0 Å². The van der Waals surface area contributed by atoms with Gasteiger partial charge in [-0.2, -0.15) is 16.1 Å². The molecule has 0 aliphatic carbocycles. The van der Waals surface area contributed by atoms with Gasteiger partial charge in [0.1, 0.15) is 0 Å². The van der Waals surface area contributed by atoms with Gasteiger partial charge in [-0.25, -0.2) is 8.42 Å². The summed E-state index contributed by atoms with van der Waals surface area (Å²) in [4.78, 5) is 0.369. The van der Waals surface area contributed by atoms with Crippen molar-refractivity contribution in [1.82, 2.24) is 4.31 Å². The van der Waals surface area contributed by atoms with Crippen molar-refractivity contribution in [2.45, 2.75) is 31.2 Å². The van der Waals surface area contributed by atoms with E-state index in [-0.39, 0.29) is 6.04 Å². The van der Waals surface area contributed by atoms with Crippen LogP contribution in [-0.2, 0) is 16.4 Å². The molecule has 2 rings (SSSR count). The monoisotopic (exact) mass is 300 g/mol. The highest BCUT2D eigenvalue weighted by molar-refractivity contribution is 7.99. The molecule has 106 valence electrons. The predicted octanol–water partition coefficient (Wildman–Crippen LogP) is 1.96. The van der Waals surface area contributed by atoms with E-state index in [0.717, 1.165) is 17.1 Å². The number of anilines is 1. The maximum atomic E-state index is 12.8. The molecule has 1 aliphatic rings. The Labute approximate surface area is 119 Å². The zero-order chi connectivity index (χ0) is 14.0. The zero-order valence-electron chi connectivity index (χ0n) is 11.3. The molecule has 6 heteroatoms. The lowest BCUT2D eigenvalue weighted by molar-refractivity contribution is 0.367. The largest absolute Gasteiger partial charge is 0.399 e. The second-order valence-corrected chi connectivity index (χ2v) is 7.77. The van der Waals surface area contributed by atoms with Gasteiger partial charge in [-0.3, -0.25) is 0 Å². The van der Waals surface area contributed by atoms with E-state index in [2.05, 4.69) is 0 Å². The summed E-state index contributed by atoms with van der Waals surface area (Å²) in [6.45, 7) is 4.49. The first-order valence-corrected chi connectivity index (χ1v) is 9.04. The number of hydrogen-bond donors (Lipinski definition) is 1. The molecule has 0 bridgehead atoms. The second kappa shape index (κ2) is 5.73. The van der Waals surface area contributed by atoms with Crippen LogP contribution in [0, 0.1) is 0 Å². The summed E-state index contributed by atoms with van der Waals surface area (Å²) < 4.78 is 27.2. The van der Waals surface area contributed by atoms with E-state index in [0.29, 0.717) is 23.5 Å². The van der Waals surface area contributed by atoms with E-state index in [4.69, 9.17) is 5.73 Å². The average Bonchev–Trinajstić information content (AvgIpc) is 2.39. The molecule has 1 heterocycles. The summed E-state index contributed by atoms with van der Waals surface area (Å²) in [5, 5.41) is 0. The van der Waals surface area contributed by atoms with Gasteiger partial charge in [0.05, 0.1) is 4.90 Å². The molecule has 19 heavy (non-hydrogen) atoms. The van der Waals surface area contributed by atoms with E-state index >= 15 is 0 Å². The van der Waals surface area contributed by atoms with Gasteiger partial charge in [-0.1, -0.05) is 13.0 Å². The Bertz CT molecular complexity index is 558. The second-order valence-electron chi connectivity index (χ2n) is 4.76. The molecule has 0 amide bonds. The van der Waals surface area contributed by atoms with E-state index in [1.54, 1.807) is 28.2 Å². The number of nitrogens with two attached hydrogens (primary N) is 1. The summed E-state index contributed by atoms with van der Waals surface area (Å²) in [5.74, 6) is 1.70. The molecule has 4 nitrogen and oxygen atoms in total. The third kappa shape index (κ3) is 2.90. The molecule has 1 atom stereocenters. The van der Waals surface area contributed by atoms with E-state index in [9.17, 15) is 8.42 Å². The number of hydrogen-bond acceptors (Lipinski definition) is 4. The molecule has 0 spiro atoms. The van der Waals surface area contributed by atoms with E-state index in [1.165, 1.54) is 0 Å². The normalized spacial score (nSPS) is 21.5. The highest BCUT2D eigenvalue weighted by Crippen LogP contribution is 2.28. The molecule has 1 saturated heterocycles. The molecule has 0 radical (unpaired) electrons. The predicted molar refractivity (Wildman–Crippen MR) is 80.9 cm³/mol. The number of nitrogen functional groups attached to an aromatic ring is 1. The number of sulfonamides is 1. The molecule has 0 saturated carbocycles. The highest BCUT2D eigenvalue weighted by atomic mass is 32.2. The lowest BCUT2D eigenvalue weighted by Crippen LogP contribution is -2.44. The smallest absolute Gasteiger partial charge is 0.243 e. The van der Waals surface area contributed by atoms with Crippen LogP contribution in [0.5, 0.6) is 0 Å². The number of rotatable bonds is 3. The quantitative estimate of drug-likeness (QED) is 0.867. The third-order valence-corrected chi connectivity index (χ3v) is 6.65. The van der Waals surface area contributed by atoms with Crippen LogP contribution < -0.4 is 5.73 Å². The number of benzene rings is 1. The average molecular weight is 300 g/mol. The van der Waals surface area contributed by atoms with Gasteiger partial charge in [-0.15, -0.1) is 0 Å². The van der Waals surface area contributed by atoms with Gasteiger partial charge in [0, 0.05) is 29.8 Å². The number of aryl methyl sites for hydroxylation is 1. The van der Waals surface area contributed by atoms with Crippen molar-refractivity contribution in [1.29, 1.82) is 0 Å². The van der Waals surface area contributed by atoms with Crippen LogP contribution in [0.15, 0.2) is 23.1 Å². The summed E-state index contributed by atoms with van der Waals surface area (Å²) in [6, 6.07) is 5.19. The highest BCUT2D eigenvalue weighted by Gasteiger charge is 2.32. The molecule has 0 aromatic heterocycles. The fourth-order valence-corrected chi connectivity index (χ4v) is 5.48. The third-order valence-electron chi connectivity index (χ3n) is 3.37. The van der Waals surface area contributed by atoms with Gasteiger partial charge in [0.2, 0.25) is 10.0 Å². The van der Waals surface area contributed by atoms with Crippen LogP contribution in [0.4, 0.5) is 5.69 Å². The minimum absolute atomic E-state index is 0.0369. The number of thioether (sulfide) groups is 1. The van der Waals surface area contributed by atoms with Crippen molar-refractivity contribution in [3.63, 3.8) is 0 Å². The summed E-state index contributed by atoms with van der Waals surface area (Å²) in [7, 11) is -3.44. The van der Waals surface area contributed by atoms with Crippen LogP contribution >= 0.6 is 11.8 Å². The summed E-state index contributed by atoms with van der Waals surface area (Å²) in [5.41, 5.74) is 7.08. The van der Waals surface area contributed by atoms with E-state index < -0.39 is 10.0 Å². The van der Waals surface area contributed by atoms with Crippen molar-refractivity contribution >= 4 is 27.5 Å². The topological polar surface area (TPSA) is 63.4 Å². The Morgan fingerprint density at radius 3 is 2.84 bits per heavy atom. The van der Waals surface area contributed by atoms with E-state index in [1.807, 2.05) is 19.9 Å². The Morgan fingerprint density at radius 1 is 1.47 bits per heavy atom. The minimum Gasteiger partial charge on any atom is -0.399 e. The van der Waals surface area contributed by atoms with Gasteiger partial charge >= 0.3 is 0 Å². The fourth-order valence-electron chi connectivity index (χ4n) is 2.30. The molecule has 1 unspecified atom stereocenters. The van der Waals surface area contributed by atoms with Gasteiger partial charge in [0.25, 0.3) is 0 Å². The van der Waals surface area contributed by atoms with Crippen molar-refractivity contribution in [3.05, 3.63) is 23.8 Å². The minimum atomic E-state index is -3.44. The Balaban J connectivity index is 2.46. The molecule has 2 N–H and O–H groups in total. The Hall–Kier alpha value is -0.720. The molecule has 1 aliphatic heterocycles. The Morgan fingerprint density at radius 2 is 2.21 bits per heavy atom. The van der Waals surface area contributed by atoms with Crippen LogP contribution in [0.3, 0.4) is 0 Å². The number of nitrogens with zero attached hydrogens (tertiary/aromatic N) is 1. The van der Waals surface area contributed by atoms with Gasteiger partial charge in [-0.05, 0) is 31.0 Å². The standard InChI is InChI=1S/C13H20N2O2S2/c1-3-11-4-5-12(14)8-13(11)19(16,17)15-6-7-18-9-10(15)2/h4-5,8,10H,3,6-7,9,14H2,1-2H3. The summed E-state index contributed by atoms with van der Waals surface area (Å²) in [6.07, 6.45) is 0.686. The van der Waals surface area contributed by atoms with Crippen LogP contribution in [0.1, 0.15) is 19.4 Å². The molecular formula is C13H20N2O2S2. The van der Waals surface area contributed by atoms with Gasteiger partial charge < -0.3 is 5.73 Å². The van der Waals surface area contributed by atoms with Crippen molar-refractivity contribution in [3.8, 4) is 0 Å². The first kappa shape index (κ1) is 14.7. The first-order chi connectivity index (χ1) is 8.96. The lowest BCUT2D eigenvalue weighted by Gasteiger charge is -2.32. The molecular weight excluding hydrogens is 280 g/mol. The van der Waals surface area contributed by atoms with Crippen molar-refractivity contribution in [2.75, 3.05) is 23.8 Å². The molecule has 1 aromatic rings. The van der Waals surface area contributed by atoms with Crippen molar-refractivity contribution < 1.29 is 8.42 Å². The Kier molecular flexibility index (Phi) is 4.43. The summed E-state index contributed by atoms with van der Waals surface area (Å²) >= 11 is 1.80. The fraction of sp³-hybridized carbons (Fsp3) is 0.538. The van der Waals surface area contributed by atoms with Crippen LogP contribution in [0.25, 0.3) is 0 Å². The lowest BCUT2D eigenvalue weighted by atomic mass is 10.1. The molecule has 1 aromatic carbocycles. The molecule has 1 fully saturated rings.